The molecule has 8 heteroatoms. The second-order valence-electron chi connectivity index (χ2n) is 7.43. The van der Waals surface area contributed by atoms with E-state index in [2.05, 4.69) is 21.0 Å². The average molecular weight is 397 g/mol. The molecule has 0 unspecified atom stereocenters. The third-order valence-electron chi connectivity index (χ3n) is 5.18. The summed E-state index contributed by atoms with van der Waals surface area (Å²) in [6, 6.07) is 7.55. The smallest absolute Gasteiger partial charge is 0.248 e. The molecule has 154 valence electrons. The number of aromatic nitrogens is 2. The minimum absolute atomic E-state index is 0.0144. The van der Waals surface area contributed by atoms with Crippen LogP contribution < -0.4 is 16.0 Å². The number of amides is 3. The van der Waals surface area contributed by atoms with Crippen LogP contribution in [-0.2, 0) is 14.4 Å². The lowest BCUT2D eigenvalue weighted by atomic mass is 10.1. The topological polar surface area (TPSA) is 105 Å². The number of anilines is 2. The highest BCUT2D eigenvalue weighted by atomic mass is 16.2. The molecule has 3 rings (SSSR count). The molecule has 8 nitrogen and oxygen atoms in total. The summed E-state index contributed by atoms with van der Waals surface area (Å²) in [4.78, 5) is 37.0. The van der Waals surface area contributed by atoms with E-state index in [1.165, 1.54) is 0 Å². The molecule has 0 spiro atoms. The van der Waals surface area contributed by atoms with Crippen LogP contribution in [0.4, 0.5) is 11.4 Å². The van der Waals surface area contributed by atoms with E-state index in [0.29, 0.717) is 11.4 Å². The van der Waals surface area contributed by atoms with E-state index in [0.717, 1.165) is 25.7 Å². The van der Waals surface area contributed by atoms with Crippen molar-refractivity contribution in [2.45, 2.75) is 51.6 Å². The first kappa shape index (κ1) is 20.6. The van der Waals surface area contributed by atoms with Crippen LogP contribution in [0, 0.1) is 5.92 Å². The van der Waals surface area contributed by atoms with Crippen LogP contribution in [-0.4, -0.2) is 33.5 Å². The number of hydrogen-bond acceptors (Lipinski definition) is 4. The zero-order valence-electron chi connectivity index (χ0n) is 16.7. The predicted molar refractivity (Wildman–Crippen MR) is 110 cm³/mol. The zero-order valence-corrected chi connectivity index (χ0v) is 16.7. The first-order valence-corrected chi connectivity index (χ1v) is 9.95. The number of hydrogen-bond donors (Lipinski definition) is 3. The number of carbonyl (C=O) groups is 3. The van der Waals surface area contributed by atoms with Gasteiger partial charge in [0, 0.05) is 29.7 Å². The van der Waals surface area contributed by atoms with Crippen LogP contribution in [0.2, 0.25) is 0 Å². The number of rotatable bonds is 7. The lowest BCUT2D eigenvalue weighted by molar-refractivity contribution is -0.128. The number of benzene rings is 1. The fourth-order valence-corrected chi connectivity index (χ4v) is 3.39. The molecule has 1 heterocycles. The Balaban J connectivity index is 1.55. The molecule has 0 saturated heterocycles. The maximum Gasteiger partial charge on any atom is 0.248 e. The quantitative estimate of drug-likeness (QED) is 0.668. The van der Waals surface area contributed by atoms with Crippen molar-refractivity contribution in [3.8, 4) is 0 Å². The fourth-order valence-electron chi connectivity index (χ4n) is 3.39. The number of carbonyl (C=O) groups excluding carboxylic acids is 3. The van der Waals surface area contributed by atoms with Gasteiger partial charge in [-0.2, -0.15) is 5.10 Å². The van der Waals surface area contributed by atoms with Gasteiger partial charge in [-0.15, -0.1) is 0 Å². The van der Waals surface area contributed by atoms with E-state index >= 15 is 0 Å². The Hall–Kier alpha value is -3.16. The van der Waals surface area contributed by atoms with Crippen molar-refractivity contribution in [3.05, 3.63) is 42.7 Å². The highest BCUT2D eigenvalue weighted by molar-refractivity contribution is 5.98. The van der Waals surface area contributed by atoms with Crippen LogP contribution in [0.3, 0.4) is 0 Å². The third-order valence-corrected chi connectivity index (χ3v) is 5.18. The van der Waals surface area contributed by atoms with Crippen molar-refractivity contribution in [2.75, 3.05) is 10.6 Å². The Morgan fingerprint density at radius 2 is 1.69 bits per heavy atom. The lowest BCUT2D eigenvalue weighted by Gasteiger charge is -2.17. The van der Waals surface area contributed by atoms with Gasteiger partial charge in [-0.1, -0.05) is 18.9 Å². The highest BCUT2D eigenvalue weighted by Gasteiger charge is 2.25. The van der Waals surface area contributed by atoms with Gasteiger partial charge in [0.15, 0.2) is 0 Å². The molecule has 2 aromatic rings. The summed E-state index contributed by atoms with van der Waals surface area (Å²) in [5.74, 6) is -0.557. The molecule has 1 aromatic heterocycles. The first-order chi connectivity index (χ1) is 13.9. The zero-order chi connectivity index (χ0) is 20.8. The van der Waals surface area contributed by atoms with Crippen LogP contribution in [0.25, 0.3) is 0 Å². The van der Waals surface area contributed by atoms with E-state index in [9.17, 15) is 14.4 Å². The molecule has 2 atom stereocenters. The molecule has 0 aliphatic heterocycles. The van der Waals surface area contributed by atoms with Crippen molar-refractivity contribution in [3.63, 3.8) is 0 Å². The number of nitrogens with one attached hydrogen (secondary N) is 3. The summed E-state index contributed by atoms with van der Waals surface area (Å²) in [6.07, 6.45) is 7.25. The van der Waals surface area contributed by atoms with E-state index in [-0.39, 0.29) is 23.6 Å². The first-order valence-electron chi connectivity index (χ1n) is 9.95. The lowest BCUT2D eigenvalue weighted by Crippen LogP contribution is -2.43. The Labute approximate surface area is 170 Å². The van der Waals surface area contributed by atoms with Gasteiger partial charge in [0.05, 0.1) is 0 Å². The van der Waals surface area contributed by atoms with Crippen LogP contribution in [0.5, 0.6) is 0 Å². The monoisotopic (exact) mass is 397 g/mol. The average Bonchev–Trinajstić information content (AvgIpc) is 3.41. The molecule has 29 heavy (non-hydrogen) atoms. The van der Waals surface area contributed by atoms with E-state index in [4.69, 9.17) is 0 Å². The number of nitrogens with zero attached hydrogens (tertiary/aromatic N) is 2. The van der Waals surface area contributed by atoms with E-state index in [1.54, 1.807) is 61.3 Å². The van der Waals surface area contributed by atoms with E-state index < -0.39 is 12.1 Å². The fraction of sp³-hybridized carbons (Fsp3) is 0.429. The minimum atomic E-state index is -0.638. The van der Waals surface area contributed by atoms with Gasteiger partial charge in [-0.05, 0) is 51.0 Å². The summed E-state index contributed by atoms with van der Waals surface area (Å²) < 4.78 is 1.57. The Bertz CT molecular complexity index is 859. The van der Waals surface area contributed by atoms with Crippen molar-refractivity contribution < 1.29 is 14.4 Å². The Morgan fingerprint density at radius 1 is 1.03 bits per heavy atom. The summed E-state index contributed by atoms with van der Waals surface area (Å²) in [6.45, 7) is 3.42. The SMILES string of the molecule is C[C@H](NC(=O)C1CCCC1)C(=O)Nc1cccc(NC(=O)[C@H](C)n2cccn2)c1. The van der Waals surface area contributed by atoms with Gasteiger partial charge in [-0.25, -0.2) is 0 Å². The summed E-state index contributed by atoms with van der Waals surface area (Å²) in [7, 11) is 0. The standard InChI is InChI=1S/C21H27N5O3/c1-14(23-21(29)16-7-3-4-8-16)19(27)24-17-9-5-10-18(13-17)25-20(28)15(2)26-12-6-11-22-26/h5-6,9-16H,3-4,7-8H2,1-2H3,(H,23,29)(H,24,27)(H,25,28)/t14-,15-/m0/s1. The van der Waals surface area contributed by atoms with Crippen molar-refractivity contribution in [2.24, 2.45) is 5.92 Å². The van der Waals surface area contributed by atoms with Crippen molar-refractivity contribution in [1.82, 2.24) is 15.1 Å². The normalized spacial score (nSPS) is 16.1. The second-order valence-corrected chi connectivity index (χ2v) is 7.43. The Kier molecular flexibility index (Phi) is 6.64. The second kappa shape index (κ2) is 9.36. The molecule has 1 aliphatic carbocycles. The summed E-state index contributed by atoms with van der Waals surface area (Å²) in [5.41, 5.74) is 1.11. The molecular weight excluding hydrogens is 370 g/mol. The van der Waals surface area contributed by atoms with Crippen LogP contribution >= 0.6 is 0 Å². The largest absolute Gasteiger partial charge is 0.344 e. The molecule has 3 amide bonds. The maximum atomic E-state index is 12.4. The predicted octanol–water partition coefficient (Wildman–Crippen LogP) is 2.72. The van der Waals surface area contributed by atoms with Gasteiger partial charge in [0.2, 0.25) is 17.7 Å². The van der Waals surface area contributed by atoms with Gasteiger partial charge in [-0.3, -0.25) is 19.1 Å². The van der Waals surface area contributed by atoms with Crippen LogP contribution in [0.15, 0.2) is 42.7 Å². The molecule has 1 aromatic carbocycles. The van der Waals surface area contributed by atoms with Gasteiger partial charge < -0.3 is 16.0 Å². The molecule has 1 fully saturated rings. The van der Waals surface area contributed by atoms with Gasteiger partial charge >= 0.3 is 0 Å². The van der Waals surface area contributed by atoms with E-state index in [1.807, 2.05) is 0 Å². The molecular formula is C21H27N5O3. The third kappa shape index (κ3) is 5.43. The van der Waals surface area contributed by atoms with Crippen molar-refractivity contribution >= 4 is 29.1 Å². The minimum Gasteiger partial charge on any atom is -0.344 e. The van der Waals surface area contributed by atoms with Crippen LogP contribution in [0.1, 0.15) is 45.6 Å². The molecule has 1 saturated carbocycles. The molecule has 1 aliphatic rings. The molecule has 0 radical (unpaired) electrons. The molecule has 3 N–H and O–H groups in total. The van der Waals surface area contributed by atoms with Crippen molar-refractivity contribution in [1.29, 1.82) is 0 Å². The highest BCUT2D eigenvalue weighted by Crippen LogP contribution is 2.24. The maximum absolute atomic E-state index is 12.4. The molecule has 0 bridgehead atoms. The Morgan fingerprint density at radius 3 is 2.31 bits per heavy atom. The summed E-state index contributed by atoms with van der Waals surface area (Å²) >= 11 is 0. The summed E-state index contributed by atoms with van der Waals surface area (Å²) in [5, 5.41) is 12.5. The van der Waals surface area contributed by atoms with Gasteiger partial charge in [0.1, 0.15) is 12.1 Å². The van der Waals surface area contributed by atoms with Gasteiger partial charge in [0.25, 0.3) is 0 Å².